The predicted molar refractivity (Wildman–Crippen MR) is 121 cm³/mol. The van der Waals surface area contributed by atoms with Crippen LogP contribution in [0.25, 0.3) is 0 Å². The van der Waals surface area contributed by atoms with E-state index in [0.29, 0.717) is 37.8 Å². The summed E-state index contributed by atoms with van der Waals surface area (Å²) >= 11 is 0. The third-order valence-electron chi connectivity index (χ3n) is 6.33. The Morgan fingerprint density at radius 1 is 1.22 bits per heavy atom. The maximum atomic E-state index is 14.5. The second-order valence-corrected chi connectivity index (χ2v) is 8.98. The van der Waals surface area contributed by atoms with E-state index >= 15 is 0 Å². The standard InChI is InChI=1S/C24H31FN4O3/c1-16(11-17(2)31)19-3-5-20(6-4-19)32-21-8-10-28(14-21)23-22(25)12-26-24(27-23)29-9-7-18(13-29)15-30/h3-6,12,16,18,21,30H,7-11,13-15H2,1-2H3/t16-,18?,21-/m1/s1. The van der Waals surface area contributed by atoms with Gasteiger partial charge in [0.25, 0.3) is 0 Å². The zero-order chi connectivity index (χ0) is 22.7. The highest BCUT2D eigenvalue weighted by molar-refractivity contribution is 5.76. The van der Waals surface area contributed by atoms with Crippen molar-refractivity contribution in [3.63, 3.8) is 0 Å². The largest absolute Gasteiger partial charge is 0.489 e. The molecule has 0 saturated carbocycles. The maximum Gasteiger partial charge on any atom is 0.227 e. The second-order valence-electron chi connectivity index (χ2n) is 8.98. The molecule has 0 spiro atoms. The number of carbonyl (C=O) groups is 1. The van der Waals surface area contributed by atoms with Crippen LogP contribution in [0.2, 0.25) is 0 Å². The summed E-state index contributed by atoms with van der Waals surface area (Å²) in [5.74, 6) is 1.74. The molecule has 32 heavy (non-hydrogen) atoms. The van der Waals surface area contributed by atoms with E-state index in [1.807, 2.05) is 41.0 Å². The van der Waals surface area contributed by atoms with Crippen molar-refractivity contribution < 1.29 is 19.0 Å². The molecule has 7 nitrogen and oxygen atoms in total. The molecule has 172 valence electrons. The molecule has 2 saturated heterocycles. The molecule has 8 heteroatoms. The third kappa shape index (κ3) is 5.18. The quantitative estimate of drug-likeness (QED) is 0.673. The molecule has 0 aliphatic carbocycles. The Hall–Kier alpha value is -2.74. The van der Waals surface area contributed by atoms with Gasteiger partial charge in [0.15, 0.2) is 11.6 Å². The van der Waals surface area contributed by atoms with Crippen LogP contribution >= 0.6 is 0 Å². The van der Waals surface area contributed by atoms with Crippen molar-refractivity contribution in [1.29, 1.82) is 0 Å². The lowest BCUT2D eigenvalue weighted by Gasteiger charge is -2.21. The normalized spacial score (nSPS) is 21.8. The third-order valence-corrected chi connectivity index (χ3v) is 6.33. The van der Waals surface area contributed by atoms with Crippen LogP contribution in [0.5, 0.6) is 5.75 Å². The van der Waals surface area contributed by atoms with Crippen molar-refractivity contribution in [1.82, 2.24) is 9.97 Å². The first-order valence-corrected chi connectivity index (χ1v) is 11.3. The first kappa shape index (κ1) is 22.5. The Bertz CT molecular complexity index is 939. The van der Waals surface area contributed by atoms with Crippen LogP contribution in [0.1, 0.15) is 44.6 Å². The van der Waals surface area contributed by atoms with E-state index < -0.39 is 5.82 Å². The summed E-state index contributed by atoms with van der Waals surface area (Å²) in [4.78, 5) is 23.9. The number of anilines is 2. The monoisotopic (exact) mass is 442 g/mol. The number of ether oxygens (including phenoxy) is 1. The number of aliphatic hydroxyl groups excluding tert-OH is 1. The zero-order valence-electron chi connectivity index (χ0n) is 18.7. The number of hydrogen-bond donors (Lipinski definition) is 1. The minimum absolute atomic E-state index is 0.0566. The lowest BCUT2D eigenvalue weighted by molar-refractivity contribution is -0.117. The van der Waals surface area contributed by atoms with Crippen LogP contribution in [0.15, 0.2) is 30.5 Å². The number of Topliss-reactive ketones (excluding diaryl/α,β-unsaturated/α-hetero) is 1. The molecule has 1 N–H and O–H groups in total. The van der Waals surface area contributed by atoms with Crippen LogP contribution in [-0.2, 0) is 4.79 Å². The minimum atomic E-state index is -0.434. The van der Waals surface area contributed by atoms with E-state index in [2.05, 4.69) is 9.97 Å². The van der Waals surface area contributed by atoms with Gasteiger partial charge in [-0.05, 0) is 37.0 Å². The number of ketones is 1. The van der Waals surface area contributed by atoms with Crippen LogP contribution in [0.4, 0.5) is 16.2 Å². The van der Waals surface area contributed by atoms with Crippen LogP contribution in [-0.4, -0.2) is 59.7 Å². The van der Waals surface area contributed by atoms with Gasteiger partial charge in [0.1, 0.15) is 17.6 Å². The number of benzene rings is 1. The minimum Gasteiger partial charge on any atom is -0.489 e. The van der Waals surface area contributed by atoms with Crippen LogP contribution < -0.4 is 14.5 Å². The van der Waals surface area contributed by atoms with E-state index in [0.717, 1.165) is 30.7 Å². The molecular formula is C24H31FN4O3. The molecule has 1 aromatic carbocycles. The van der Waals surface area contributed by atoms with Crippen molar-refractivity contribution >= 4 is 17.5 Å². The first-order valence-electron chi connectivity index (χ1n) is 11.3. The lowest BCUT2D eigenvalue weighted by Crippen LogP contribution is -2.28. The predicted octanol–water partition coefficient (Wildman–Crippen LogP) is 3.17. The molecular weight excluding hydrogens is 411 g/mol. The zero-order valence-corrected chi connectivity index (χ0v) is 18.7. The Morgan fingerprint density at radius 3 is 2.66 bits per heavy atom. The van der Waals surface area contributed by atoms with Crippen LogP contribution in [0.3, 0.4) is 0 Å². The highest BCUT2D eigenvalue weighted by Crippen LogP contribution is 2.28. The van der Waals surface area contributed by atoms with Crippen molar-refractivity contribution in [3.05, 3.63) is 41.8 Å². The summed E-state index contributed by atoms with van der Waals surface area (Å²) in [6.07, 6.45) is 3.37. The molecule has 4 rings (SSSR count). The molecule has 0 radical (unpaired) electrons. The van der Waals surface area contributed by atoms with Crippen LogP contribution in [0, 0.1) is 11.7 Å². The molecule has 3 atom stereocenters. The summed E-state index contributed by atoms with van der Waals surface area (Å²) in [5, 5.41) is 9.37. The SMILES string of the molecule is CC(=O)C[C@@H](C)c1ccc(O[C@@H]2CCN(c3nc(N4CCC(CO)C4)ncc3F)C2)cc1. The molecule has 1 unspecified atom stereocenters. The van der Waals surface area contributed by atoms with Gasteiger partial charge < -0.3 is 24.4 Å². The first-order chi connectivity index (χ1) is 15.4. The molecule has 2 aromatic rings. The van der Waals surface area contributed by atoms with Gasteiger partial charge in [0.2, 0.25) is 5.95 Å². The molecule has 0 amide bonds. The maximum absolute atomic E-state index is 14.5. The Kier molecular flexibility index (Phi) is 6.89. The summed E-state index contributed by atoms with van der Waals surface area (Å²) < 4.78 is 20.7. The number of aliphatic hydroxyl groups is 1. The average molecular weight is 443 g/mol. The van der Waals surface area contributed by atoms with E-state index in [1.54, 1.807) is 6.92 Å². The van der Waals surface area contributed by atoms with Gasteiger partial charge in [-0.2, -0.15) is 4.98 Å². The molecule has 2 aliphatic heterocycles. The second kappa shape index (κ2) is 9.81. The van der Waals surface area contributed by atoms with Gasteiger partial charge in [-0.3, -0.25) is 0 Å². The van der Waals surface area contributed by atoms with Gasteiger partial charge in [-0.25, -0.2) is 9.37 Å². The van der Waals surface area contributed by atoms with Gasteiger partial charge in [0.05, 0.1) is 12.7 Å². The fourth-order valence-corrected chi connectivity index (χ4v) is 4.52. The summed E-state index contributed by atoms with van der Waals surface area (Å²) in [6.45, 7) is 6.47. The Morgan fingerprint density at radius 2 is 1.97 bits per heavy atom. The fraction of sp³-hybridized carbons (Fsp3) is 0.542. The Labute approximate surface area is 188 Å². The number of rotatable bonds is 8. The number of nitrogens with zero attached hydrogens (tertiary/aromatic N) is 4. The van der Waals surface area contributed by atoms with Crippen molar-refractivity contribution in [3.8, 4) is 5.75 Å². The number of aromatic nitrogens is 2. The van der Waals surface area contributed by atoms with Gasteiger partial charge in [-0.1, -0.05) is 19.1 Å². The molecule has 2 aliphatic rings. The van der Waals surface area contributed by atoms with Crippen molar-refractivity contribution in [2.75, 3.05) is 42.6 Å². The van der Waals surface area contributed by atoms with Crippen molar-refractivity contribution in [2.45, 2.75) is 45.1 Å². The Balaban J connectivity index is 1.37. The lowest BCUT2D eigenvalue weighted by atomic mass is 9.96. The van der Waals surface area contributed by atoms with Crippen molar-refractivity contribution in [2.24, 2.45) is 5.92 Å². The summed E-state index contributed by atoms with van der Waals surface area (Å²) in [7, 11) is 0. The fourth-order valence-electron chi connectivity index (χ4n) is 4.52. The highest BCUT2D eigenvalue weighted by Gasteiger charge is 2.29. The van der Waals surface area contributed by atoms with E-state index in [1.165, 1.54) is 6.20 Å². The van der Waals surface area contributed by atoms with E-state index in [4.69, 9.17) is 4.74 Å². The molecule has 1 aromatic heterocycles. The van der Waals surface area contributed by atoms with E-state index in [9.17, 15) is 14.3 Å². The summed E-state index contributed by atoms with van der Waals surface area (Å²) in [5.41, 5.74) is 1.11. The molecule has 3 heterocycles. The average Bonchev–Trinajstić information content (AvgIpc) is 3.44. The number of hydrogen-bond acceptors (Lipinski definition) is 7. The van der Waals surface area contributed by atoms with Gasteiger partial charge in [-0.15, -0.1) is 0 Å². The smallest absolute Gasteiger partial charge is 0.227 e. The summed E-state index contributed by atoms with van der Waals surface area (Å²) in [6, 6.07) is 7.87. The highest BCUT2D eigenvalue weighted by atomic mass is 19.1. The molecule has 2 fully saturated rings. The molecule has 0 bridgehead atoms. The topological polar surface area (TPSA) is 78.8 Å². The number of carbonyl (C=O) groups excluding carboxylic acids is 1. The van der Waals surface area contributed by atoms with Gasteiger partial charge >= 0.3 is 0 Å². The van der Waals surface area contributed by atoms with E-state index in [-0.39, 0.29) is 30.3 Å². The van der Waals surface area contributed by atoms with Gasteiger partial charge in [0, 0.05) is 45.0 Å². The number of halogens is 1.